The highest BCUT2D eigenvalue weighted by Gasteiger charge is 2.12. The number of nitrogens with one attached hydrogen (secondary N) is 8. The maximum atomic E-state index is 11.5. The lowest BCUT2D eigenvalue weighted by Gasteiger charge is -2.10. The average Bonchev–Trinajstić information content (AvgIpc) is 0.990. The van der Waals surface area contributed by atoms with E-state index in [4.69, 9.17) is 178 Å². The highest BCUT2D eigenvalue weighted by atomic mass is 35.5. The molecule has 0 saturated heterocycles. The van der Waals surface area contributed by atoms with E-state index >= 15 is 0 Å². The molecule has 566 valence electrons. The number of isocyanates is 1. The Morgan fingerprint density at radius 1 is 0.385 bits per heavy atom. The predicted octanol–water partition coefficient (Wildman–Crippen LogP) is 18.0. The molecule has 30 nitrogen and oxygen atoms in total. The van der Waals surface area contributed by atoms with E-state index in [0.717, 1.165) is 0 Å². The van der Waals surface area contributed by atoms with Gasteiger partial charge in [-0.05, 0) is 130 Å². The van der Waals surface area contributed by atoms with Crippen molar-refractivity contribution in [1.29, 1.82) is 0 Å². The van der Waals surface area contributed by atoms with Crippen LogP contribution < -0.4 is 48.3 Å². The van der Waals surface area contributed by atoms with Crippen LogP contribution in [-0.4, -0.2) is 152 Å². The minimum atomic E-state index is -0.927. The van der Waals surface area contributed by atoms with Gasteiger partial charge in [0.15, 0.2) is 0 Å². The number of rotatable bonds is 22. The lowest BCUT2D eigenvalue weighted by Crippen LogP contribution is -2.31. The fourth-order valence-electron chi connectivity index (χ4n) is 6.01. The Labute approximate surface area is 654 Å². The summed E-state index contributed by atoms with van der Waals surface area (Å²) in [5.41, 5.74) is 7.44. The van der Waals surface area contributed by atoms with Crippen LogP contribution in [0.25, 0.3) is 0 Å². The Hall–Kier alpha value is -8.43. The maximum absolute atomic E-state index is 11.5. The number of aliphatic hydroxyl groups is 1. The standard InChI is InChI=1S/C13H16Cl2N2O4.C12H14Cl2N2O4.C11H12Cl2N2O4.C10H10Cl2N2O4.C9H9Cl2NO3.C7H3Cl2NO/c1-8(2)16-12(18)20-5-6-21-13(19)17-9-3-4-10(14)11(15)7-9;1-2-15-11(17)19-5-6-20-12(18)16-8-3-4-9(13)10(14)7-8;1-14-10(16)18-4-5-19-11(17)15-7-2-3-8(12)9(13)6-7;11-7-2-1-6(5-8(7)12)14-10(16)18-4-3-17-9(13)15;10-7-2-1-6(5-8(7)11)12-9(14)15-4-3-13;8-6-2-1-5(10-4-11)3-7(6)9/h3-4,7-8H,5-6H2,1-2H3,(H,16,18)(H,17,19);3-4,7H,2,5-6H2,1H3,(H,15,17)(H,16,18);2-3,6H,4-5H2,1H3,(H,14,16)(H,15,17);1-2,5H,3-4H2,(H2,13,15)(H,14,16);1-2,5,13H,3-4H2,(H,12,14);1-3H. The Balaban J connectivity index is 0.000000630. The Kier molecular flexibility index (Phi) is 48.8. The number of benzene rings is 6. The van der Waals surface area contributed by atoms with E-state index in [1.807, 2.05) is 13.8 Å². The van der Waals surface area contributed by atoms with Gasteiger partial charge in [0.2, 0.25) is 6.08 Å². The zero-order chi connectivity index (χ0) is 78.1. The molecule has 0 fully saturated rings. The lowest BCUT2D eigenvalue weighted by atomic mass is 10.3. The molecule has 0 radical (unpaired) electrons. The number of nitrogens with zero attached hydrogens (tertiary/aromatic N) is 1. The number of primary amides is 1. The van der Waals surface area contributed by atoms with Crippen LogP contribution in [0.3, 0.4) is 0 Å². The van der Waals surface area contributed by atoms with E-state index in [-0.39, 0.29) is 72.1 Å². The SMILES string of the molecule is CC(C)NC(=O)OCCOC(=O)Nc1ccc(Cl)c(Cl)c1.CCNC(=O)OCCOC(=O)Nc1ccc(Cl)c(Cl)c1.CNC(=O)OCCOC(=O)Nc1ccc(Cl)c(Cl)c1.NC(=O)OCCOC(=O)Nc1ccc(Cl)c(Cl)c1.O=C(Nc1ccc(Cl)c(Cl)c1)OCCO.O=C=Nc1ccc(Cl)c(Cl)c1. The molecule has 11 N–H and O–H groups in total. The molecule has 104 heavy (non-hydrogen) atoms. The van der Waals surface area contributed by atoms with Crippen LogP contribution in [-0.2, 0) is 47.4 Å². The molecule has 0 unspecified atom stereocenters. The molecule has 6 aromatic carbocycles. The summed E-state index contributed by atoms with van der Waals surface area (Å²) < 4.78 is 42.3. The molecule has 0 heterocycles. The van der Waals surface area contributed by atoms with Gasteiger partial charge < -0.3 is 69.4 Å². The predicted molar refractivity (Wildman–Crippen MR) is 399 cm³/mol. The molecule has 0 spiro atoms. The van der Waals surface area contributed by atoms with Gasteiger partial charge in [-0.15, -0.1) is 0 Å². The minimum absolute atomic E-state index is 0.0172. The molecule has 9 amide bonds. The number of amides is 9. The van der Waals surface area contributed by atoms with Crippen molar-refractivity contribution < 1.29 is 95.7 Å². The highest BCUT2D eigenvalue weighted by molar-refractivity contribution is 6.44. The normalized spacial score (nSPS) is 9.71. The van der Waals surface area contributed by atoms with E-state index in [2.05, 4.69) is 61.7 Å². The fraction of sp³-hybridized carbons (Fsp3) is 0.258. The van der Waals surface area contributed by atoms with Gasteiger partial charge >= 0.3 is 54.8 Å². The zero-order valence-corrected chi connectivity index (χ0v) is 63.6. The van der Waals surface area contributed by atoms with Crippen LogP contribution in [0.15, 0.2) is 114 Å². The zero-order valence-electron chi connectivity index (χ0n) is 54.5. The van der Waals surface area contributed by atoms with Crippen LogP contribution in [0.1, 0.15) is 20.8 Å². The Morgan fingerprint density at radius 3 is 0.894 bits per heavy atom. The largest absolute Gasteiger partial charge is 0.447 e. The fourth-order valence-corrected chi connectivity index (χ4v) is 7.80. The van der Waals surface area contributed by atoms with Crippen molar-refractivity contribution in [3.8, 4) is 0 Å². The van der Waals surface area contributed by atoms with E-state index in [1.165, 1.54) is 55.6 Å². The molecule has 6 aromatic rings. The van der Waals surface area contributed by atoms with Crippen molar-refractivity contribution in [2.45, 2.75) is 26.8 Å². The molecule has 0 atom stereocenters. The van der Waals surface area contributed by atoms with Crippen LogP contribution in [0.2, 0.25) is 60.3 Å². The summed E-state index contributed by atoms with van der Waals surface area (Å²) in [6.07, 6.45) is -4.62. The van der Waals surface area contributed by atoms with Crippen molar-refractivity contribution in [3.05, 3.63) is 169 Å². The lowest BCUT2D eigenvalue weighted by molar-refractivity contribution is 0.101. The molecule has 0 aliphatic heterocycles. The van der Waals surface area contributed by atoms with E-state index in [9.17, 15) is 47.9 Å². The van der Waals surface area contributed by atoms with Crippen molar-refractivity contribution in [3.63, 3.8) is 0 Å². The molecule has 42 heteroatoms. The van der Waals surface area contributed by atoms with E-state index in [0.29, 0.717) is 101 Å². The van der Waals surface area contributed by atoms with Gasteiger partial charge in [-0.2, -0.15) is 4.99 Å². The maximum Gasteiger partial charge on any atom is 0.411 e. The van der Waals surface area contributed by atoms with Crippen molar-refractivity contribution in [2.24, 2.45) is 10.7 Å². The summed E-state index contributed by atoms with van der Waals surface area (Å²) >= 11 is 68.8. The third-order valence-electron chi connectivity index (χ3n) is 10.4. The number of hydrogen-bond acceptors (Lipinski definition) is 21. The molecule has 0 saturated carbocycles. The monoisotopic (exact) mass is 1690 g/mol. The first kappa shape index (κ1) is 93.6. The quantitative estimate of drug-likeness (QED) is 0.0131. The van der Waals surface area contributed by atoms with Gasteiger partial charge in [-0.1, -0.05) is 139 Å². The Bertz CT molecular complexity index is 3830. The van der Waals surface area contributed by atoms with Crippen molar-refractivity contribution >= 4 is 234 Å². The van der Waals surface area contributed by atoms with E-state index < -0.39 is 54.8 Å². The molecule has 6 rings (SSSR count). The second-order valence-corrected chi connectivity index (χ2v) is 23.5. The minimum Gasteiger partial charge on any atom is -0.447 e. The number of aliphatic imine (C=N–C) groups is 1. The second kappa shape index (κ2) is 54.2. The summed E-state index contributed by atoms with van der Waals surface area (Å²) in [4.78, 5) is 113. The van der Waals surface area contributed by atoms with Gasteiger partial charge in [-0.25, -0.2) is 47.9 Å². The second-order valence-electron chi connectivity index (χ2n) is 18.6. The molecule has 0 aliphatic carbocycles. The smallest absolute Gasteiger partial charge is 0.411 e. The van der Waals surface area contributed by atoms with Gasteiger partial charge in [0.05, 0.1) is 72.6 Å². The number of carbonyl (C=O) groups is 9. The number of halogens is 12. The number of aliphatic hydroxyl groups excluding tert-OH is 1. The summed E-state index contributed by atoms with van der Waals surface area (Å²) in [5, 5.41) is 32.3. The van der Waals surface area contributed by atoms with Gasteiger partial charge in [0.25, 0.3) is 0 Å². The summed E-state index contributed by atoms with van der Waals surface area (Å²) in [6.45, 7) is 5.12. The highest BCUT2D eigenvalue weighted by Crippen LogP contribution is 2.30. The molecular formula is C62H64Cl12N10O20. The number of nitrogens with two attached hydrogens (primary N) is 1. The topological polar surface area (TPSA) is 409 Å². The molecule has 0 aromatic heterocycles. The number of ether oxygens (including phenoxy) is 9. The van der Waals surface area contributed by atoms with Crippen LogP contribution >= 0.6 is 139 Å². The molecular weight excluding hydrogens is 1630 g/mol. The Morgan fingerprint density at radius 2 is 0.644 bits per heavy atom. The number of carbonyl (C=O) groups excluding carboxylic acids is 10. The summed E-state index contributed by atoms with van der Waals surface area (Å²) in [5.74, 6) is 0. The first-order chi connectivity index (χ1) is 49.3. The van der Waals surface area contributed by atoms with Crippen LogP contribution in [0, 0.1) is 0 Å². The average molecular weight is 1690 g/mol. The third-order valence-corrected chi connectivity index (χ3v) is 14.8. The van der Waals surface area contributed by atoms with Crippen LogP contribution in [0.4, 0.5) is 77.3 Å². The van der Waals surface area contributed by atoms with Crippen LogP contribution in [0.5, 0.6) is 0 Å². The van der Waals surface area contributed by atoms with Crippen molar-refractivity contribution in [2.75, 3.05) is 106 Å². The van der Waals surface area contributed by atoms with E-state index in [1.54, 1.807) is 73.7 Å². The first-order valence-corrected chi connectivity index (χ1v) is 33.5. The first-order valence-electron chi connectivity index (χ1n) is 29.0. The number of hydrogen-bond donors (Lipinski definition) is 10. The number of alkyl carbamates (subject to hydrolysis) is 3. The van der Waals surface area contributed by atoms with Gasteiger partial charge in [-0.3, -0.25) is 26.6 Å². The molecule has 0 aliphatic rings. The molecule has 0 bridgehead atoms. The van der Waals surface area contributed by atoms with Crippen molar-refractivity contribution in [1.82, 2.24) is 16.0 Å². The van der Waals surface area contributed by atoms with Gasteiger partial charge in [0, 0.05) is 48.1 Å². The third kappa shape index (κ3) is 44.9. The summed E-state index contributed by atoms with van der Waals surface area (Å²) in [7, 11) is 1.43. The summed E-state index contributed by atoms with van der Waals surface area (Å²) in [6, 6.07) is 27.8. The van der Waals surface area contributed by atoms with Gasteiger partial charge in [0.1, 0.15) is 59.5 Å². The number of anilines is 5.